The van der Waals surface area contributed by atoms with Gasteiger partial charge in [0.15, 0.2) is 0 Å². The van der Waals surface area contributed by atoms with Crippen molar-refractivity contribution in [2.75, 3.05) is 12.4 Å². The third-order valence-corrected chi connectivity index (χ3v) is 7.29. The Morgan fingerprint density at radius 1 is 1.09 bits per heavy atom. The van der Waals surface area contributed by atoms with Gasteiger partial charge in [-0.2, -0.15) is 0 Å². The molecular weight excluding hydrogens is 512 g/mol. The number of aromatic nitrogens is 2. The third-order valence-electron chi connectivity index (χ3n) is 5.18. The number of nitrogens with one attached hydrogen (secondary N) is 2. The fourth-order valence-electron chi connectivity index (χ4n) is 3.74. The van der Waals surface area contributed by atoms with E-state index in [1.165, 1.54) is 10.2 Å². The second-order valence-corrected chi connectivity index (χ2v) is 10.2. The van der Waals surface area contributed by atoms with Crippen molar-refractivity contribution < 1.29 is 8.42 Å². The number of fused-ring (bicyclic) bond motifs is 1. The third kappa shape index (κ3) is 4.54. The molecule has 0 spiro atoms. The minimum absolute atomic E-state index is 0. The Morgan fingerprint density at radius 2 is 1.81 bits per heavy atom. The van der Waals surface area contributed by atoms with Gasteiger partial charge < -0.3 is 10.6 Å². The highest BCUT2D eigenvalue weighted by atomic mass is 79.9. The summed E-state index contributed by atoms with van der Waals surface area (Å²) in [5, 5.41) is 7.46. The SMILES string of the molecule is CNCc1cn(S(=O)(=O)c2cccnc2)c2cc(Nc3c(C)cc(Br)cc3C)ccc12.Cl. The topological polar surface area (TPSA) is 76.0 Å². The molecule has 0 aliphatic heterocycles. The van der Waals surface area contributed by atoms with E-state index in [4.69, 9.17) is 0 Å². The molecule has 2 heterocycles. The molecule has 32 heavy (non-hydrogen) atoms. The normalized spacial score (nSPS) is 11.4. The average molecular weight is 536 g/mol. The largest absolute Gasteiger partial charge is 0.355 e. The van der Waals surface area contributed by atoms with E-state index in [1.54, 1.807) is 24.5 Å². The fourth-order valence-corrected chi connectivity index (χ4v) is 5.77. The molecule has 0 unspecified atom stereocenters. The summed E-state index contributed by atoms with van der Waals surface area (Å²) in [4.78, 5) is 4.13. The van der Waals surface area contributed by atoms with Crippen LogP contribution < -0.4 is 10.6 Å². The molecule has 2 N–H and O–H groups in total. The summed E-state index contributed by atoms with van der Waals surface area (Å²) in [7, 11) is -1.94. The summed E-state index contributed by atoms with van der Waals surface area (Å²) < 4.78 is 29.1. The molecule has 0 radical (unpaired) electrons. The average Bonchev–Trinajstić information content (AvgIpc) is 3.10. The first-order valence-electron chi connectivity index (χ1n) is 9.79. The van der Waals surface area contributed by atoms with Gasteiger partial charge in [-0.3, -0.25) is 4.98 Å². The molecule has 0 aliphatic carbocycles. The predicted molar refractivity (Wildman–Crippen MR) is 136 cm³/mol. The number of pyridine rings is 1. The van der Waals surface area contributed by atoms with Crippen molar-refractivity contribution in [2.24, 2.45) is 0 Å². The zero-order valence-electron chi connectivity index (χ0n) is 17.9. The van der Waals surface area contributed by atoms with E-state index in [0.29, 0.717) is 12.1 Å². The smallest absolute Gasteiger partial charge is 0.269 e. The molecule has 4 aromatic rings. The van der Waals surface area contributed by atoms with Gasteiger partial charge in [-0.15, -0.1) is 12.4 Å². The lowest BCUT2D eigenvalue weighted by atomic mass is 10.1. The number of benzene rings is 2. The van der Waals surface area contributed by atoms with Crippen LogP contribution in [0.3, 0.4) is 0 Å². The molecule has 168 valence electrons. The Morgan fingerprint density at radius 3 is 2.44 bits per heavy atom. The fraction of sp³-hybridized carbons (Fsp3) is 0.174. The molecule has 0 bridgehead atoms. The summed E-state index contributed by atoms with van der Waals surface area (Å²) in [5.74, 6) is 0. The van der Waals surface area contributed by atoms with Crippen LogP contribution in [0.15, 0.2) is 70.4 Å². The number of aryl methyl sites for hydroxylation is 2. The molecular formula is C23H24BrClN4O2S. The Kier molecular flexibility index (Phi) is 7.29. The van der Waals surface area contributed by atoms with E-state index in [9.17, 15) is 8.42 Å². The Hall–Kier alpha value is -2.39. The highest BCUT2D eigenvalue weighted by Crippen LogP contribution is 2.32. The molecule has 2 aromatic carbocycles. The van der Waals surface area contributed by atoms with Crippen LogP contribution in [0, 0.1) is 13.8 Å². The van der Waals surface area contributed by atoms with Crippen molar-refractivity contribution in [1.29, 1.82) is 0 Å². The minimum atomic E-state index is -3.78. The summed E-state index contributed by atoms with van der Waals surface area (Å²) in [6.45, 7) is 4.64. The van der Waals surface area contributed by atoms with Crippen LogP contribution in [0.1, 0.15) is 16.7 Å². The Balaban J connectivity index is 0.00000289. The van der Waals surface area contributed by atoms with Crippen LogP contribution in [0.4, 0.5) is 11.4 Å². The van der Waals surface area contributed by atoms with Gasteiger partial charge in [-0.25, -0.2) is 12.4 Å². The van der Waals surface area contributed by atoms with Gasteiger partial charge in [0.25, 0.3) is 10.0 Å². The van der Waals surface area contributed by atoms with Gasteiger partial charge in [0, 0.05) is 46.4 Å². The zero-order valence-corrected chi connectivity index (χ0v) is 21.1. The van der Waals surface area contributed by atoms with Gasteiger partial charge in [0.1, 0.15) is 4.90 Å². The maximum atomic E-state index is 13.4. The second kappa shape index (κ2) is 9.62. The van der Waals surface area contributed by atoms with Crippen LogP contribution in [-0.4, -0.2) is 24.4 Å². The van der Waals surface area contributed by atoms with Gasteiger partial charge in [-0.1, -0.05) is 22.0 Å². The molecule has 2 aromatic heterocycles. The van der Waals surface area contributed by atoms with Crippen molar-refractivity contribution in [3.05, 3.63) is 82.2 Å². The van der Waals surface area contributed by atoms with Crippen LogP contribution in [-0.2, 0) is 16.6 Å². The molecule has 0 aliphatic rings. The maximum Gasteiger partial charge on any atom is 0.269 e. The second-order valence-electron chi connectivity index (χ2n) is 7.45. The lowest BCUT2D eigenvalue weighted by molar-refractivity contribution is 0.588. The summed E-state index contributed by atoms with van der Waals surface area (Å²) >= 11 is 3.53. The predicted octanol–water partition coefficient (Wildman–Crippen LogP) is 5.54. The number of nitrogens with zero attached hydrogens (tertiary/aromatic N) is 2. The quantitative estimate of drug-likeness (QED) is 0.339. The van der Waals surface area contributed by atoms with E-state index >= 15 is 0 Å². The van der Waals surface area contributed by atoms with Crippen molar-refractivity contribution in [2.45, 2.75) is 25.3 Å². The van der Waals surface area contributed by atoms with E-state index < -0.39 is 10.0 Å². The monoisotopic (exact) mass is 534 g/mol. The highest BCUT2D eigenvalue weighted by Gasteiger charge is 2.21. The van der Waals surface area contributed by atoms with Crippen molar-refractivity contribution >= 4 is 60.6 Å². The zero-order chi connectivity index (χ0) is 22.2. The molecule has 0 atom stereocenters. The van der Waals surface area contributed by atoms with E-state index in [0.717, 1.165) is 37.9 Å². The lowest BCUT2D eigenvalue weighted by Gasteiger charge is -2.14. The van der Waals surface area contributed by atoms with Crippen LogP contribution in [0.5, 0.6) is 0 Å². The van der Waals surface area contributed by atoms with Crippen molar-refractivity contribution in [1.82, 2.24) is 14.3 Å². The number of hydrogen-bond acceptors (Lipinski definition) is 5. The van der Waals surface area contributed by atoms with Crippen LogP contribution >= 0.6 is 28.3 Å². The first-order valence-corrected chi connectivity index (χ1v) is 12.0. The van der Waals surface area contributed by atoms with Gasteiger partial charge in [-0.05, 0) is 74.0 Å². The molecule has 0 fully saturated rings. The highest BCUT2D eigenvalue weighted by molar-refractivity contribution is 9.10. The van der Waals surface area contributed by atoms with Crippen LogP contribution in [0.2, 0.25) is 0 Å². The van der Waals surface area contributed by atoms with Crippen molar-refractivity contribution in [3.8, 4) is 0 Å². The molecule has 0 saturated carbocycles. The van der Waals surface area contributed by atoms with E-state index in [1.807, 2.05) is 39.1 Å². The van der Waals surface area contributed by atoms with E-state index in [2.05, 4.69) is 43.7 Å². The molecule has 6 nitrogen and oxygen atoms in total. The number of anilines is 2. The lowest BCUT2D eigenvalue weighted by Crippen LogP contribution is -2.12. The van der Waals surface area contributed by atoms with Crippen molar-refractivity contribution in [3.63, 3.8) is 0 Å². The first kappa shape index (κ1) is 24.3. The minimum Gasteiger partial charge on any atom is -0.355 e. The molecule has 0 amide bonds. The summed E-state index contributed by atoms with van der Waals surface area (Å²) in [6.07, 6.45) is 4.61. The maximum absolute atomic E-state index is 13.4. The molecule has 4 rings (SSSR count). The number of hydrogen-bond donors (Lipinski definition) is 2. The van der Waals surface area contributed by atoms with Gasteiger partial charge in [0.2, 0.25) is 0 Å². The van der Waals surface area contributed by atoms with E-state index in [-0.39, 0.29) is 17.3 Å². The molecule has 9 heteroatoms. The summed E-state index contributed by atoms with van der Waals surface area (Å²) in [6, 6.07) is 13.1. The molecule has 0 saturated heterocycles. The standard InChI is InChI=1S/C23H23BrN4O2S.ClH/c1-15-9-18(24)10-16(2)23(15)27-19-6-7-21-17(12-25-3)14-28(22(21)11-19)31(29,30)20-5-4-8-26-13-20;/h4-11,13-14,25,27H,12H2,1-3H3;1H. The number of rotatable bonds is 6. The Labute approximate surface area is 202 Å². The Bertz CT molecular complexity index is 1350. The van der Waals surface area contributed by atoms with Gasteiger partial charge >= 0.3 is 0 Å². The summed E-state index contributed by atoms with van der Waals surface area (Å²) in [5.41, 5.74) is 5.55. The van der Waals surface area contributed by atoms with Gasteiger partial charge in [0.05, 0.1) is 5.52 Å². The number of halogens is 2. The first-order chi connectivity index (χ1) is 14.8. The van der Waals surface area contributed by atoms with Crippen LogP contribution in [0.25, 0.3) is 10.9 Å².